The Bertz CT molecular complexity index is 868. The molecule has 2 atom stereocenters. The van der Waals surface area contributed by atoms with Gasteiger partial charge in [-0.15, -0.1) is 0 Å². The highest BCUT2D eigenvalue weighted by Gasteiger charge is 2.65. The van der Waals surface area contributed by atoms with Crippen molar-refractivity contribution in [2.45, 2.75) is 45.8 Å². The zero-order chi connectivity index (χ0) is 21.1. The lowest BCUT2D eigenvalue weighted by molar-refractivity contribution is -0.161. The van der Waals surface area contributed by atoms with Crippen molar-refractivity contribution in [3.05, 3.63) is 65.7 Å². The van der Waals surface area contributed by atoms with Gasteiger partial charge in [-0.1, -0.05) is 42.5 Å². The minimum Gasteiger partial charge on any atom is -0.489 e. The molecule has 5 heteroatoms. The lowest BCUT2D eigenvalue weighted by Crippen LogP contribution is -2.30. The first kappa shape index (κ1) is 20.9. The molecule has 2 aromatic rings. The van der Waals surface area contributed by atoms with Crippen LogP contribution in [0.2, 0.25) is 0 Å². The molecule has 0 radical (unpaired) electrons. The maximum Gasteiger partial charge on any atom is 0.313 e. The monoisotopic (exact) mass is 396 g/mol. The van der Waals surface area contributed by atoms with Gasteiger partial charge in [-0.3, -0.25) is 9.59 Å². The van der Waals surface area contributed by atoms with Gasteiger partial charge in [0.25, 0.3) is 0 Å². The number of hydrogen-bond donors (Lipinski definition) is 0. The Morgan fingerprint density at radius 1 is 1.03 bits per heavy atom. The molecule has 0 amide bonds. The highest BCUT2D eigenvalue weighted by molar-refractivity contribution is 5.91. The van der Waals surface area contributed by atoms with Crippen molar-refractivity contribution in [2.24, 2.45) is 11.3 Å². The molecule has 1 saturated carbocycles. The zero-order valence-corrected chi connectivity index (χ0v) is 17.4. The van der Waals surface area contributed by atoms with Crippen molar-refractivity contribution in [1.82, 2.24) is 0 Å². The Balaban J connectivity index is 1.71. The molecule has 0 N–H and O–H groups in total. The fourth-order valence-electron chi connectivity index (χ4n) is 3.53. The quantitative estimate of drug-likeness (QED) is 0.652. The van der Waals surface area contributed by atoms with Gasteiger partial charge < -0.3 is 14.2 Å². The first-order chi connectivity index (χ1) is 13.7. The minimum atomic E-state index is -0.866. The molecular formula is C24H28O5. The van der Waals surface area contributed by atoms with Crippen LogP contribution in [0.1, 0.15) is 38.3 Å². The fraction of sp³-hybridized carbons (Fsp3) is 0.417. The largest absolute Gasteiger partial charge is 0.489 e. The lowest BCUT2D eigenvalue weighted by atomic mass is 9.93. The molecule has 0 saturated heterocycles. The molecule has 0 bridgehead atoms. The molecule has 1 aliphatic carbocycles. The van der Waals surface area contributed by atoms with Gasteiger partial charge in [0.2, 0.25) is 0 Å². The average molecular weight is 396 g/mol. The Kier molecular flexibility index (Phi) is 5.96. The summed E-state index contributed by atoms with van der Waals surface area (Å²) in [5.74, 6) is -0.479. The highest BCUT2D eigenvalue weighted by atomic mass is 16.6. The van der Waals surface area contributed by atoms with Crippen molar-refractivity contribution < 1.29 is 23.8 Å². The lowest BCUT2D eigenvalue weighted by Gasteiger charge is -2.21. The summed E-state index contributed by atoms with van der Waals surface area (Å²) in [7, 11) is 1.36. The summed E-state index contributed by atoms with van der Waals surface area (Å²) in [6, 6.07) is 17.5. The minimum absolute atomic E-state index is 0.348. The molecule has 1 fully saturated rings. The van der Waals surface area contributed by atoms with Gasteiger partial charge >= 0.3 is 11.9 Å². The number of carbonyl (C=O) groups excluding carboxylic acids is 2. The van der Waals surface area contributed by atoms with Crippen LogP contribution in [0, 0.1) is 11.3 Å². The van der Waals surface area contributed by atoms with Crippen molar-refractivity contribution >= 4 is 11.9 Å². The third-order valence-electron chi connectivity index (χ3n) is 5.02. The maximum absolute atomic E-state index is 12.5. The number of carbonyl (C=O) groups is 2. The molecule has 3 rings (SSSR count). The number of ether oxygens (including phenoxy) is 3. The van der Waals surface area contributed by atoms with Crippen molar-refractivity contribution in [2.75, 3.05) is 7.11 Å². The standard InChI is InChI=1S/C24H28O5/c1-23(2,3)29-21(25)20-15-24(20,22(26)27-4)14-18-11-8-12-19(13-18)28-16-17-9-6-5-7-10-17/h5-13,20H,14-16H2,1-4H3/t20?,24-/m0/s1. The van der Waals surface area contributed by atoms with E-state index in [9.17, 15) is 9.59 Å². The topological polar surface area (TPSA) is 61.8 Å². The molecule has 0 aliphatic heterocycles. The summed E-state index contributed by atoms with van der Waals surface area (Å²) < 4.78 is 16.4. The van der Waals surface area contributed by atoms with Crippen molar-refractivity contribution in [3.8, 4) is 5.75 Å². The van der Waals surface area contributed by atoms with Gasteiger partial charge in [-0.2, -0.15) is 0 Å². The van der Waals surface area contributed by atoms with Gasteiger partial charge in [-0.25, -0.2) is 0 Å². The molecule has 1 unspecified atom stereocenters. The van der Waals surface area contributed by atoms with Crippen molar-refractivity contribution in [3.63, 3.8) is 0 Å². The smallest absolute Gasteiger partial charge is 0.313 e. The normalized spacial score (nSPS) is 20.6. The summed E-state index contributed by atoms with van der Waals surface area (Å²) in [5, 5.41) is 0. The molecule has 0 spiro atoms. The molecule has 0 aromatic heterocycles. The van der Waals surface area contributed by atoms with E-state index in [1.807, 2.05) is 75.4 Å². The summed E-state index contributed by atoms with van der Waals surface area (Å²) in [5.41, 5.74) is 0.546. The predicted molar refractivity (Wildman–Crippen MR) is 109 cm³/mol. The zero-order valence-electron chi connectivity index (χ0n) is 17.4. The van der Waals surface area contributed by atoms with Crippen LogP contribution in [0.3, 0.4) is 0 Å². The van der Waals surface area contributed by atoms with E-state index in [4.69, 9.17) is 14.2 Å². The fourth-order valence-corrected chi connectivity index (χ4v) is 3.53. The van der Waals surface area contributed by atoms with Crippen LogP contribution in [-0.4, -0.2) is 24.6 Å². The molecule has 1 aliphatic rings. The van der Waals surface area contributed by atoms with E-state index in [2.05, 4.69) is 0 Å². The second kappa shape index (κ2) is 8.27. The maximum atomic E-state index is 12.5. The van der Waals surface area contributed by atoms with Crippen LogP contribution >= 0.6 is 0 Å². The van der Waals surface area contributed by atoms with Gasteiger partial charge in [0, 0.05) is 0 Å². The Hall–Kier alpha value is -2.82. The summed E-state index contributed by atoms with van der Waals surface area (Å²) in [6.07, 6.45) is 0.843. The molecule has 5 nitrogen and oxygen atoms in total. The Morgan fingerprint density at radius 3 is 2.38 bits per heavy atom. The summed E-state index contributed by atoms with van der Waals surface area (Å²) in [6.45, 7) is 5.93. The van der Waals surface area contributed by atoms with E-state index in [1.165, 1.54) is 7.11 Å². The third kappa shape index (κ3) is 5.17. The molecule has 154 valence electrons. The number of rotatable bonds is 7. The van der Waals surface area contributed by atoms with E-state index >= 15 is 0 Å². The predicted octanol–water partition coefficient (Wildman–Crippen LogP) is 4.33. The second-order valence-corrected chi connectivity index (χ2v) is 8.54. The van der Waals surface area contributed by atoms with E-state index in [-0.39, 0.29) is 11.9 Å². The van der Waals surface area contributed by atoms with Crippen LogP contribution in [0.15, 0.2) is 54.6 Å². The number of benzene rings is 2. The SMILES string of the molecule is COC(=O)[C@@]1(Cc2cccc(OCc3ccccc3)c2)CC1C(=O)OC(C)(C)C. The first-order valence-corrected chi connectivity index (χ1v) is 9.80. The first-order valence-electron chi connectivity index (χ1n) is 9.80. The van der Waals surface area contributed by atoms with E-state index in [0.29, 0.717) is 19.4 Å². The summed E-state index contributed by atoms with van der Waals surface area (Å²) >= 11 is 0. The van der Waals surface area contributed by atoms with Gasteiger partial charge in [0.15, 0.2) is 0 Å². The van der Waals surface area contributed by atoms with Crippen LogP contribution in [0.5, 0.6) is 5.75 Å². The van der Waals surface area contributed by atoms with Crippen LogP contribution in [0.4, 0.5) is 0 Å². The third-order valence-corrected chi connectivity index (χ3v) is 5.02. The second-order valence-electron chi connectivity index (χ2n) is 8.54. The van der Waals surface area contributed by atoms with Crippen LogP contribution in [-0.2, 0) is 32.1 Å². The molecular weight excluding hydrogens is 368 g/mol. The van der Waals surface area contributed by atoms with Crippen LogP contribution in [0.25, 0.3) is 0 Å². The average Bonchev–Trinajstić information content (AvgIpc) is 3.41. The van der Waals surface area contributed by atoms with Gasteiger partial charge in [-0.05, 0) is 56.9 Å². The van der Waals surface area contributed by atoms with E-state index < -0.39 is 16.9 Å². The number of esters is 2. The van der Waals surface area contributed by atoms with E-state index in [1.54, 1.807) is 0 Å². The van der Waals surface area contributed by atoms with Gasteiger partial charge in [0.1, 0.15) is 18.0 Å². The molecule has 0 heterocycles. The molecule has 2 aromatic carbocycles. The highest BCUT2D eigenvalue weighted by Crippen LogP contribution is 2.56. The van der Waals surface area contributed by atoms with E-state index in [0.717, 1.165) is 16.9 Å². The summed E-state index contributed by atoms with van der Waals surface area (Å²) in [4.78, 5) is 25.0. The molecule has 29 heavy (non-hydrogen) atoms. The van der Waals surface area contributed by atoms with Crippen molar-refractivity contribution in [1.29, 1.82) is 0 Å². The van der Waals surface area contributed by atoms with Crippen LogP contribution < -0.4 is 4.74 Å². The Labute approximate surface area is 172 Å². The Morgan fingerprint density at radius 2 is 1.72 bits per heavy atom. The van der Waals surface area contributed by atoms with Gasteiger partial charge in [0.05, 0.1) is 18.4 Å². The number of methoxy groups -OCH3 is 1. The number of hydrogen-bond acceptors (Lipinski definition) is 5.